The monoisotopic (exact) mass is 324 g/mol. The Morgan fingerprint density at radius 2 is 2.00 bits per heavy atom. The van der Waals surface area contributed by atoms with E-state index in [-0.39, 0.29) is 11.5 Å². The second kappa shape index (κ2) is 6.00. The summed E-state index contributed by atoms with van der Waals surface area (Å²) >= 11 is 0. The van der Waals surface area contributed by atoms with Crippen molar-refractivity contribution in [2.75, 3.05) is 13.6 Å². The fourth-order valence-electron chi connectivity index (χ4n) is 3.17. The lowest BCUT2D eigenvalue weighted by Crippen LogP contribution is -2.18. The summed E-state index contributed by atoms with van der Waals surface area (Å²) in [5.41, 5.74) is 4.87. The molecule has 2 heterocycles. The van der Waals surface area contributed by atoms with Gasteiger partial charge in [0.2, 0.25) is 5.91 Å². The first-order chi connectivity index (χ1) is 11.4. The van der Waals surface area contributed by atoms with Crippen molar-refractivity contribution < 1.29 is 14.7 Å². The number of carboxylic acid groups (broad SMARTS) is 1. The van der Waals surface area contributed by atoms with E-state index in [9.17, 15) is 14.7 Å². The first-order valence-electron chi connectivity index (χ1n) is 7.87. The molecular formula is C19H20N2O3. The van der Waals surface area contributed by atoms with Gasteiger partial charge in [-0.05, 0) is 56.2 Å². The molecule has 1 saturated heterocycles. The average Bonchev–Trinajstić information content (AvgIpc) is 3.01. The summed E-state index contributed by atoms with van der Waals surface area (Å²) in [6, 6.07) is 8.90. The Bertz CT molecular complexity index is 861. The van der Waals surface area contributed by atoms with Gasteiger partial charge in [-0.25, -0.2) is 4.79 Å². The van der Waals surface area contributed by atoms with Crippen molar-refractivity contribution in [2.45, 2.75) is 20.3 Å². The number of likely N-dealkylation sites (tertiary alicyclic amines) is 1. The van der Waals surface area contributed by atoms with Crippen LogP contribution in [-0.2, 0) is 4.79 Å². The van der Waals surface area contributed by atoms with E-state index < -0.39 is 5.97 Å². The van der Waals surface area contributed by atoms with Gasteiger partial charge >= 0.3 is 5.97 Å². The first-order valence-corrected chi connectivity index (χ1v) is 7.87. The Hall–Kier alpha value is -2.82. The Kier molecular flexibility index (Phi) is 4.01. The van der Waals surface area contributed by atoms with Gasteiger partial charge in [0.1, 0.15) is 0 Å². The Labute approximate surface area is 140 Å². The third-order valence-corrected chi connectivity index (χ3v) is 4.49. The number of hydrogen-bond donors (Lipinski definition) is 1. The van der Waals surface area contributed by atoms with Crippen LogP contribution in [-0.4, -0.2) is 40.0 Å². The van der Waals surface area contributed by atoms with Crippen LogP contribution < -0.4 is 0 Å². The van der Waals surface area contributed by atoms with Crippen LogP contribution in [0.25, 0.3) is 11.8 Å². The number of carbonyl (C=O) groups is 2. The number of hydrogen-bond acceptors (Lipinski definition) is 2. The minimum atomic E-state index is -0.943. The predicted octanol–water partition coefficient (Wildman–Crippen LogP) is 3.04. The lowest BCUT2D eigenvalue weighted by atomic mass is 10.1. The van der Waals surface area contributed by atoms with E-state index in [1.54, 1.807) is 23.1 Å². The average molecular weight is 324 g/mol. The fraction of sp³-hybridized carbons (Fsp3) is 0.263. The number of carboxylic acids is 1. The van der Waals surface area contributed by atoms with Crippen LogP contribution in [0.15, 0.2) is 35.9 Å². The van der Waals surface area contributed by atoms with E-state index >= 15 is 0 Å². The van der Waals surface area contributed by atoms with Gasteiger partial charge in [0.05, 0.1) is 5.56 Å². The molecule has 1 amide bonds. The van der Waals surface area contributed by atoms with Crippen molar-refractivity contribution >= 4 is 18.0 Å². The molecule has 0 spiro atoms. The summed E-state index contributed by atoms with van der Waals surface area (Å²) in [6.07, 6.45) is 2.71. The minimum Gasteiger partial charge on any atom is -0.478 e. The molecule has 5 heteroatoms. The van der Waals surface area contributed by atoms with Crippen molar-refractivity contribution in [3.8, 4) is 5.69 Å². The molecule has 1 aliphatic heterocycles. The maximum atomic E-state index is 12.1. The van der Waals surface area contributed by atoms with E-state index in [0.717, 1.165) is 41.2 Å². The molecule has 1 aromatic carbocycles. The van der Waals surface area contributed by atoms with Gasteiger partial charge in [-0.15, -0.1) is 0 Å². The van der Waals surface area contributed by atoms with Crippen LogP contribution in [0.4, 0.5) is 0 Å². The Morgan fingerprint density at radius 3 is 2.62 bits per heavy atom. The molecule has 0 radical (unpaired) electrons. The molecule has 1 aliphatic rings. The van der Waals surface area contributed by atoms with E-state index in [1.165, 1.54) is 0 Å². The van der Waals surface area contributed by atoms with Gasteiger partial charge in [0, 0.05) is 36.2 Å². The predicted molar refractivity (Wildman–Crippen MR) is 92.4 cm³/mol. The number of likely N-dealkylation sites (N-methyl/N-ethyl adjacent to an activating group) is 1. The normalized spacial score (nSPS) is 16.2. The Balaban J connectivity index is 2.05. The molecular weight excluding hydrogens is 304 g/mol. The molecule has 1 aromatic heterocycles. The van der Waals surface area contributed by atoms with Crippen LogP contribution in [0, 0.1) is 13.8 Å². The topological polar surface area (TPSA) is 62.5 Å². The number of nitrogens with zero attached hydrogens (tertiary/aromatic N) is 2. The Morgan fingerprint density at radius 1 is 1.25 bits per heavy atom. The second-order valence-electron chi connectivity index (χ2n) is 6.16. The molecule has 1 N–H and O–H groups in total. The number of amides is 1. The fourth-order valence-corrected chi connectivity index (χ4v) is 3.17. The smallest absolute Gasteiger partial charge is 0.335 e. The van der Waals surface area contributed by atoms with Gasteiger partial charge < -0.3 is 14.6 Å². The molecule has 24 heavy (non-hydrogen) atoms. The molecule has 2 aromatic rings. The summed E-state index contributed by atoms with van der Waals surface area (Å²) in [5.74, 6) is -0.867. The molecule has 0 aliphatic carbocycles. The van der Waals surface area contributed by atoms with Crippen molar-refractivity contribution in [1.29, 1.82) is 0 Å². The molecule has 0 saturated carbocycles. The van der Waals surface area contributed by atoms with Crippen molar-refractivity contribution in [2.24, 2.45) is 0 Å². The van der Waals surface area contributed by atoms with Gasteiger partial charge in [-0.2, -0.15) is 0 Å². The quantitative estimate of drug-likeness (QED) is 0.883. The standard InChI is InChI=1S/C19H20N2O3/c1-12-9-16(10-14-7-8-20(3)18(14)22)13(2)21(12)17-6-4-5-15(11-17)19(23)24/h4-6,9-11H,7-8H2,1-3H3,(H,23,24)/b14-10-. The summed E-state index contributed by atoms with van der Waals surface area (Å²) in [4.78, 5) is 25.0. The SMILES string of the molecule is Cc1cc(/C=C2/CCN(C)C2=O)c(C)n1-c1cccc(C(=O)O)c1. The molecule has 5 nitrogen and oxygen atoms in total. The van der Waals surface area contributed by atoms with Crippen LogP contribution in [0.3, 0.4) is 0 Å². The summed E-state index contributed by atoms with van der Waals surface area (Å²) in [5, 5.41) is 9.18. The number of carbonyl (C=O) groups excluding carboxylic acids is 1. The first kappa shape index (κ1) is 16.1. The zero-order chi connectivity index (χ0) is 17.4. The van der Waals surface area contributed by atoms with Crippen LogP contribution in [0.5, 0.6) is 0 Å². The van der Waals surface area contributed by atoms with Crippen molar-refractivity contribution in [1.82, 2.24) is 9.47 Å². The van der Waals surface area contributed by atoms with Crippen LogP contribution in [0.1, 0.15) is 33.7 Å². The van der Waals surface area contributed by atoms with E-state index in [4.69, 9.17) is 0 Å². The molecule has 124 valence electrons. The zero-order valence-corrected chi connectivity index (χ0v) is 14.0. The van der Waals surface area contributed by atoms with E-state index in [0.29, 0.717) is 0 Å². The summed E-state index contributed by atoms with van der Waals surface area (Å²) in [7, 11) is 1.81. The van der Waals surface area contributed by atoms with Crippen molar-refractivity contribution in [3.05, 3.63) is 58.4 Å². The third-order valence-electron chi connectivity index (χ3n) is 4.49. The van der Waals surface area contributed by atoms with Gasteiger partial charge in [0.25, 0.3) is 0 Å². The summed E-state index contributed by atoms with van der Waals surface area (Å²) < 4.78 is 2.02. The minimum absolute atomic E-state index is 0.0766. The zero-order valence-electron chi connectivity index (χ0n) is 14.0. The van der Waals surface area contributed by atoms with E-state index in [2.05, 4.69) is 0 Å². The number of aromatic nitrogens is 1. The molecule has 0 atom stereocenters. The van der Waals surface area contributed by atoms with E-state index in [1.807, 2.05) is 43.7 Å². The molecule has 1 fully saturated rings. The number of aryl methyl sites for hydroxylation is 1. The van der Waals surface area contributed by atoms with Gasteiger partial charge in [-0.1, -0.05) is 6.07 Å². The highest BCUT2D eigenvalue weighted by Crippen LogP contribution is 2.26. The van der Waals surface area contributed by atoms with Crippen LogP contribution >= 0.6 is 0 Å². The molecule has 0 unspecified atom stereocenters. The van der Waals surface area contributed by atoms with Gasteiger partial charge in [-0.3, -0.25) is 4.79 Å². The highest BCUT2D eigenvalue weighted by molar-refractivity contribution is 5.99. The number of rotatable bonds is 3. The molecule has 3 rings (SSSR count). The lowest BCUT2D eigenvalue weighted by Gasteiger charge is -2.10. The highest BCUT2D eigenvalue weighted by atomic mass is 16.4. The second-order valence-corrected chi connectivity index (χ2v) is 6.16. The number of aromatic carboxylic acids is 1. The number of benzene rings is 1. The van der Waals surface area contributed by atoms with Gasteiger partial charge in [0.15, 0.2) is 0 Å². The maximum absolute atomic E-state index is 12.1. The molecule has 0 bridgehead atoms. The maximum Gasteiger partial charge on any atom is 0.335 e. The van der Waals surface area contributed by atoms with Crippen molar-refractivity contribution in [3.63, 3.8) is 0 Å². The lowest BCUT2D eigenvalue weighted by molar-refractivity contribution is -0.123. The summed E-state index contributed by atoms with van der Waals surface area (Å²) in [6.45, 7) is 4.71. The van der Waals surface area contributed by atoms with Crippen LogP contribution in [0.2, 0.25) is 0 Å². The largest absolute Gasteiger partial charge is 0.478 e. The third kappa shape index (κ3) is 2.73. The highest BCUT2D eigenvalue weighted by Gasteiger charge is 2.23.